The van der Waals surface area contributed by atoms with Gasteiger partial charge in [0, 0.05) is 16.2 Å². The Kier molecular flexibility index (Phi) is 19.2. The number of aliphatic hydroxyl groups is 1. The minimum Gasteiger partial charge on any atom is -0.857 e. The second-order valence-electron chi connectivity index (χ2n) is 12.4. The largest absolute Gasteiger partial charge is 1.00 e. The fourth-order valence-corrected chi connectivity index (χ4v) is 4.04. The number of hydrogen-bond acceptors (Lipinski definition) is 13. The molecule has 260 valence electrons. The van der Waals surface area contributed by atoms with Crippen molar-refractivity contribution >= 4 is 23.9 Å². The molecule has 2 aromatic rings. The molecule has 0 atom stereocenters. The van der Waals surface area contributed by atoms with Gasteiger partial charge in [-0.2, -0.15) is 7.11 Å². The van der Waals surface area contributed by atoms with Crippen LogP contribution in [0.1, 0.15) is 62.2 Å². The van der Waals surface area contributed by atoms with Gasteiger partial charge in [0.2, 0.25) is 0 Å². The first-order valence-corrected chi connectivity index (χ1v) is 14.8. The molecule has 0 aromatic heterocycles. The molecule has 0 bridgehead atoms. The van der Waals surface area contributed by atoms with Crippen molar-refractivity contribution in [2.75, 3.05) is 80.8 Å². The minimum atomic E-state index is -0.476. The molecule has 0 saturated carbocycles. The van der Waals surface area contributed by atoms with Gasteiger partial charge < -0.3 is 43.4 Å². The molecule has 14 heteroatoms. The number of carbonyl (C=O) groups excluding carboxylic acids is 4. The fourth-order valence-electron chi connectivity index (χ4n) is 4.04. The molecule has 2 aromatic carbocycles. The molecule has 1 N–H and O–H groups in total. The van der Waals surface area contributed by atoms with E-state index in [0.717, 1.165) is 20.3 Å². The third-order valence-corrected chi connectivity index (χ3v) is 7.23. The summed E-state index contributed by atoms with van der Waals surface area (Å²) in [6, 6.07) is 12.6. The van der Waals surface area contributed by atoms with Crippen LogP contribution in [0.4, 0.5) is 0 Å². The number of rotatable bonds is 9. The van der Waals surface area contributed by atoms with E-state index in [1.165, 1.54) is 26.4 Å². The molecule has 3 saturated heterocycles. The van der Waals surface area contributed by atoms with Crippen LogP contribution in [0.5, 0.6) is 0 Å². The molecule has 3 heterocycles. The van der Waals surface area contributed by atoms with Gasteiger partial charge in [0.25, 0.3) is 0 Å². The standard InChI is InChI=1S/C18H22O6.C10H10O4.C5H10O2.CH3O.K/c1-17(7-21-8-17)11-23-15(19)13-4-3-5-14(6-13)16(20)24-12-18(2)9-22-10-18;1-13-9(11)7-4-3-5-8(6-7)10(12)14-2;1-5(2-6)3-7-4-5;1-2;/h3-6H,7-12H2,1-2H3;3-6H,1-2H3;6H,2-4H2,1H3;1H3;/q;;;-1;+1. The van der Waals surface area contributed by atoms with E-state index in [4.69, 9.17) is 33.9 Å². The van der Waals surface area contributed by atoms with Crippen LogP contribution in [0, 0.1) is 16.2 Å². The summed E-state index contributed by atoms with van der Waals surface area (Å²) in [5.41, 5.74) is 1.22. The van der Waals surface area contributed by atoms with Crippen molar-refractivity contribution in [2.24, 2.45) is 16.2 Å². The third-order valence-electron chi connectivity index (χ3n) is 7.23. The van der Waals surface area contributed by atoms with Crippen molar-refractivity contribution in [1.29, 1.82) is 0 Å². The third kappa shape index (κ3) is 13.6. The van der Waals surface area contributed by atoms with Crippen LogP contribution in [0.2, 0.25) is 0 Å². The quantitative estimate of drug-likeness (QED) is 0.198. The van der Waals surface area contributed by atoms with Crippen molar-refractivity contribution in [1.82, 2.24) is 0 Å². The molecule has 0 amide bonds. The van der Waals surface area contributed by atoms with Crippen molar-refractivity contribution in [3.8, 4) is 0 Å². The zero-order valence-electron chi connectivity index (χ0n) is 28.8. The van der Waals surface area contributed by atoms with Crippen LogP contribution >= 0.6 is 0 Å². The molecule has 3 aliphatic rings. The summed E-state index contributed by atoms with van der Waals surface area (Å²) in [5.74, 6) is -1.85. The van der Waals surface area contributed by atoms with Crippen molar-refractivity contribution in [2.45, 2.75) is 20.8 Å². The molecular formula is C34H45KO13. The van der Waals surface area contributed by atoms with Crippen LogP contribution < -0.4 is 56.5 Å². The van der Waals surface area contributed by atoms with Gasteiger partial charge in [-0.15, -0.1) is 0 Å². The number of ether oxygens (including phenoxy) is 7. The van der Waals surface area contributed by atoms with E-state index in [0.29, 0.717) is 61.9 Å². The normalized spacial score (nSPS) is 16.9. The topological polar surface area (TPSA) is 176 Å². The van der Waals surface area contributed by atoms with E-state index in [9.17, 15) is 19.2 Å². The second-order valence-corrected chi connectivity index (χ2v) is 12.4. The van der Waals surface area contributed by atoms with E-state index < -0.39 is 23.9 Å². The van der Waals surface area contributed by atoms with E-state index in [1.807, 2.05) is 20.8 Å². The van der Waals surface area contributed by atoms with Crippen LogP contribution in [-0.4, -0.2) is 110 Å². The maximum absolute atomic E-state index is 12.1. The van der Waals surface area contributed by atoms with Gasteiger partial charge in [0.05, 0.1) is 82.7 Å². The Labute approximate surface area is 323 Å². The van der Waals surface area contributed by atoms with Gasteiger partial charge in [-0.25, -0.2) is 19.2 Å². The predicted molar refractivity (Wildman–Crippen MR) is 166 cm³/mol. The zero-order valence-corrected chi connectivity index (χ0v) is 32.0. The Morgan fingerprint density at radius 2 is 0.917 bits per heavy atom. The van der Waals surface area contributed by atoms with Crippen LogP contribution in [-0.2, 0) is 33.2 Å². The second kappa shape index (κ2) is 21.1. The van der Waals surface area contributed by atoms with Gasteiger partial charge >= 0.3 is 75.3 Å². The Bertz CT molecular complexity index is 1250. The van der Waals surface area contributed by atoms with E-state index in [1.54, 1.807) is 36.4 Å². The van der Waals surface area contributed by atoms with Crippen molar-refractivity contribution < 1.29 is 114 Å². The smallest absolute Gasteiger partial charge is 0.857 e. The van der Waals surface area contributed by atoms with Gasteiger partial charge in [0.1, 0.15) is 13.2 Å². The summed E-state index contributed by atoms with van der Waals surface area (Å²) in [4.78, 5) is 46.5. The van der Waals surface area contributed by atoms with Gasteiger partial charge in [-0.3, -0.25) is 0 Å². The number of esters is 4. The Morgan fingerprint density at radius 1 is 0.625 bits per heavy atom. The number of hydrogen-bond donors (Lipinski definition) is 1. The molecule has 48 heavy (non-hydrogen) atoms. The fraction of sp³-hybridized carbons (Fsp3) is 0.529. The summed E-state index contributed by atoms with van der Waals surface area (Å²) in [6.45, 7) is 10.7. The maximum atomic E-state index is 12.1. The Balaban J connectivity index is 0.000000405. The van der Waals surface area contributed by atoms with Gasteiger partial charge in [-0.1, -0.05) is 32.9 Å². The van der Waals surface area contributed by atoms with Crippen LogP contribution in [0.3, 0.4) is 0 Å². The number of methoxy groups -OCH3 is 2. The summed E-state index contributed by atoms with van der Waals surface area (Å²) in [6.07, 6.45) is 0. The first-order chi connectivity index (χ1) is 22.3. The van der Waals surface area contributed by atoms with Gasteiger partial charge in [0.15, 0.2) is 0 Å². The SMILES string of the molecule is CC1(CO)COC1.CC1(COC(=O)c2cccc(C(=O)OCC3(C)COC3)c2)COC1.COC(=O)c1cccc(C(=O)OC)c1.C[O-].[K+]. The molecular weight excluding hydrogens is 655 g/mol. The monoisotopic (exact) mass is 700 g/mol. The maximum Gasteiger partial charge on any atom is 1.00 e. The summed E-state index contributed by atoms with van der Waals surface area (Å²) in [7, 11) is 3.32. The van der Waals surface area contributed by atoms with Crippen molar-refractivity contribution in [3.63, 3.8) is 0 Å². The number of benzene rings is 2. The van der Waals surface area contributed by atoms with Crippen LogP contribution in [0.25, 0.3) is 0 Å². The molecule has 5 rings (SSSR count). The minimum absolute atomic E-state index is 0. The van der Waals surface area contributed by atoms with E-state index in [2.05, 4.69) is 9.47 Å². The zero-order chi connectivity index (χ0) is 35.1. The first kappa shape index (κ1) is 43.8. The average molecular weight is 701 g/mol. The number of aliphatic hydroxyl groups excluding tert-OH is 1. The molecule has 0 aliphatic carbocycles. The van der Waals surface area contributed by atoms with Gasteiger partial charge in [-0.05, 0) is 36.4 Å². The number of carbonyl (C=O) groups is 4. The molecule has 0 unspecified atom stereocenters. The first-order valence-electron chi connectivity index (χ1n) is 14.8. The Morgan fingerprint density at radius 3 is 1.12 bits per heavy atom. The Hall–Kier alpha value is -2.24. The average Bonchev–Trinajstić information content (AvgIpc) is 3.07. The molecule has 0 radical (unpaired) electrons. The molecule has 3 aliphatic heterocycles. The molecule has 0 spiro atoms. The molecule has 3 fully saturated rings. The summed E-state index contributed by atoms with van der Waals surface area (Å²) >= 11 is 0. The summed E-state index contributed by atoms with van der Waals surface area (Å²) < 4.78 is 34.8. The molecule has 13 nitrogen and oxygen atoms in total. The summed E-state index contributed by atoms with van der Waals surface area (Å²) in [5, 5.41) is 16.8. The van der Waals surface area contributed by atoms with E-state index in [-0.39, 0.29) is 74.2 Å². The van der Waals surface area contributed by atoms with Crippen LogP contribution in [0.15, 0.2) is 48.5 Å². The van der Waals surface area contributed by atoms with E-state index >= 15 is 0 Å². The predicted octanol–water partition coefficient (Wildman–Crippen LogP) is -0.671. The van der Waals surface area contributed by atoms with Crippen molar-refractivity contribution in [3.05, 3.63) is 70.8 Å².